The van der Waals surface area contributed by atoms with Gasteiger partial charge in [0.25, 0.3) is 0 Å². The van der Waals surface area contributed by atoms with Crippen molar-refractivity contribution in [3.8, 4) is 11.5 Å². The van der Waals surface area contributed by atoms with Gasteiger partial charge in [-0.05, 0) is 32.1 Å². The van der Waals surface area contributed by atoms with Gasteiger partial charge in [0.05, 0.1) is 6.10 Å². The number of hydrogen-bond donors (Lipinski definition) is 1. The Labute approximate surface area is 129 Å². The molecule has 2 aromatic rings. The summed E-state index contributed by atoms with van der Waals surface area (Å²) in [6, 6.07) is 12.7. The van der Waals surface area contributed by atoms with Gasteiger partial charge in [0.2, 0.25) is 0 Å². The number of phenolic OH excluding ortho intramolecular Hbond substituents is 1. The summed E-state index contributed by atoms with van der Waals surface area (Å²) in [4.78, 5) is 12.5. The number of allylic oxidation sites excluding steroid dienone is 1. The van der Waals surface area contributed by atoms with Gasteiger partial charge in [0.15, 0.2) is 5.78 Å². The van der Waals surface area contributed by atoms with Crippen molar-refractivity contribution < 1.29 is 14.6 Å². The van der Waals surface area contributed by atoms with Crippen LogP contribution in [0.2, 0.25) is 0 Å². The smallest absolute Gasteiger partial charge is 0.189 e. The van der Waals surface area contributed by atoms with Crippen LogP contribution in [0.5, 0.6) is 11.5 Å². The lowest BCUT2D eigenvalue weighted by Gasteiger charge is -2.12. The predicted octanol–water partition coefficient (Wildman–Crippen LogP) is 4.00. The topological polar surface area (TPSA) is 46.5 Å². The van der Waals surface area contributed by atoms with Crippen LogP contribution in [0.15, 0.2) is 48.0 Å². The molecule has 3 nitrogen and oxygen atoms in total. The van der Waals surface area contributed by atoms with E-state index < -0.39 is 0 Å². The predicted molar refractivity (Wildman–Crippen MR) is 86.3 cm³/mol. The van der Waals surface area contributed by atoms with Gasteiger partial charge in [-0.1, -0.05) is 30.3 Å². The number of carbonyl (C=O) groups is 1. The van der Waals surface area contributed by atoms with E-state index in [0.29, 0.717) is 23.1 Å². The second-order valence-corrected chi connectivity index (χ2v) is 5.68. The van der Waals surface area contributed by atoms with E-state index in [4.69, 9.17) is 4.74 Å². The third-order valence-electron chi connectivity index (χ3n) is 3.67. The Kier molecular flexibility index (Phi) is 3.72. The number of hydrogen-bond acceptors (Lipinski definition) is 3. The molecule has 22 heavy (non-hydrogen) atoms. The Morgan fingerprint density at radius 1 is 1.14 bits per heavy atom. The lowest BCUT2D eigenvalue weighted by molar-refractivity contribution is 0.104. The maximum absolute atomic E-state index is 12.5. The molecule has 3 rings (SSSR count). The number of carbonyl (C=O) groups excluding carboxylic acids is 1. The fourth-order valence-electron chi connectivity index (χ4n) is 2.68. The number of phenols is 1. The lowest BCUT2D eigenvalue weighted by atomic mass is 10.1. The van der Waals surface area contributed by atoms with Crippen LogP contribution in [0.4, 0.5) is 0 Å². The summed E-state index contributed by atoms with van der Waals surface area (Å²) >= 11 is 0. The molecular weight excluding hydrogens is 276 g/mol. The first kappa shape index (κ1) is 14.4. The molecule has 1 N–H and O–H groups in total. The number of ether oxygens (including phenoxy) is 1. The highest BCUT2D eigenvalue weighted by Gasteiger charge is 2.27. The first-order chi connectivity index (χ1) is 10.6. The third-order valence-corrected chi connectivity index (χ3v) is 3.67. The minimum Gasteiger partial charge on any atom is -0.508 e. The van der Waals surface area contributed by atoms with Crippen molar-refractivity contribution in [2.24, 2.45) is 0 Å². The minimum absolute atomic E-state index is 0.0229. The van der Waals surface area contributed by atoms with Crippen LogP contribution >= 0.6 is 0 Å². The molecule has 0 unspecified atom stereocenters. The summed E-state index contributed by atoms with van der Waals surface area (Å²) in [6.45, 7) is 3.94. The summed E-state index contributed by atoms with van der Waals surface area (Å²) in [7, 11) is 0. The van der Waals surface area contributed by atoms with Crippen molar-refractivity contribution in [3.05, 3.63) is 64.7 Å². The molecule has 2 aromatic carbocycles. The molecular formula is C19H18O3. The zero-order chi connectivity index (χ0) is 15.7. The van der Waals surface area contributed by atoms with Crippen LogP contribution < -0.4 is 4.74 Å². The van der Waals surface area contributed by atoms with E-state index in [1.54, 1.807) is 18.2 Å². The fraction of sp³-hybridized carbons (Fsp3) is 0.211. The standard InChI is InChI=1S/C19H18O3/c1-12(2)22-18-9-4-3-6-13(18)10-14-11-16-15(19(14)21)7-5-8-17(16)20/h3-10,12,20H,11H2,1-2H3/b14-10+. The second-order valence-electron chi connectivity index (χ2n) is 5.68. The fourth-order valence-corrected chi connectivity index (χ4v) is 2.68. The molecule has 0 aromatic heterocycles. The molecule has 0 saturated carbocycles. The first-order valence-corrected chi connectivity index (χ1v) is 7.38. The molecule has 1 aliphatic carbocycles. The molecule has 0 aliphatic heterocycles. The minimum atomic E-state index is -0.0229. The van der Waals surface area contributed by atoms with Crippen LogP contribution in [-0.2, 0) is 6.42 Å². The van der Waals surface area contributed by atoms with Gasteiger partial charge in [-0.3, -0.25) is 4.79 Å². The Bertz CT molecular complexity index is 757. The van der Waals surface area contributed by atoms with Crippen LogP contribution in [0.25, 0.3) is 6.08 Å². The monoisotopic (exact) mass is 294 g/mol. The van der Waals surface area contributed by atoms with Crippen molar-refractivity contribution >= 4 is 11.9 Å². The molecule has 0 atom stereocenters. The number of fused-ring (bicyclic) bond motifs is 1. The summed E-state index contributed by atoms with van der Waals surface area (Å²) in [5.74, 6) is 0.921. The van der Waals surface area contributed by atoms with Crippen molar-refractivity contribution in [2.75, 3.05) is 0 Å². The molecule has 1 aliphatic rings. The first-order valence-electron chi connectivity index (χ1n) is 7.38. The highest BCUT2D eigenvalue weighted by Crippen LogP contribution is 2.34. The molecule has 3 heteroatoms. The third kappa shape index (κ3) is 2.62. The number of rotatable bonds is 3. The van der Waals surface area contributed by atoms with Crippen molar-refractivity contribution in [3.63, 3.8) is 0 Å². The molecule has 0 fully saturated rings. The van der Waals surface area contributed by atoms with E-state index in [-0.39, 0.29) is 17.6 Å². The van der Waals surface area contributed by atoms with E-state index in [1.165, 1.54) is 0 Å². The molecule has 0 bridgehead atoms. The molecule has 0 spiro atoms. The average Bonchev–Trinajstić information content (AvgIpc) is 2.79. The van der Waals surface area contributed by atoms with Crippen LogP contribution in [-0.4, -0.2) is 17.0 Å². The van der Waals surface area contributed by atoms with Crippen LogP contribution in [0, 0.1) is 0 Å². The van der Waals surface area contributed by atoms with Crippen molar-refractivity contribution in [1.29, 1.82) is 0 Å². The van der Waals surface area contributed by atoms with Gasteiger partial charge >= 0.3 is 0 Å². The van der Waals surface area contributed by atoms with Gasteiger partial charge < -0.3 is 9.84 Å². The normalized spacial score (nSPS) is 15.4. The zero-order valence-electron chi connectivity index (χ0n) is 12.7. The highest BCUT2D eigenvalue weighted by atomic mass is 16.5. The zero-order valence-corrected chi connectivity index (χ0v) is 12.7. The second kappa shape index (κ2) is 5.68. The largest absolute Gasteiger partial charge is 0.508 e. The van der Waals surface area contributed by atoms with Crippen LogP contribution in [0.3, 0.4) is 0 Å². The maximum Gasteiger partial charge on any atom is 0.189 e. The number of para-hydroxylation sites is 1. The van der Waals surface area contributed by atoms with Gasteiger partial charge in [-0.25, -0.2) is 0 Å². The Morgan fingerprint density at radius 3 is 2.64 bits per heavy atom. The summed E-state index contributed by atoms with van der Waals surface area (Å²) in [5.41, 5.74) is 2.86. The maximum atomic E-state index is 12.5. The van der Waals surface area contributed by atoms with Gasteiger partial charge in [-0.2, -0.15) is 0 Å². The Morgan fingerprint density at radius 2 is 1.91 bits per heavy atom. The molecule has 0 radical (unpaired) electrons. The quantitative estimate of drug-likeness (QED) is 0.870. The van der Waals surface area contributed by atoms with E-state index in [9.17, 15) is 9.90 Å². The summed E-state index contributed by atoms with van der Waals surface area (Å²) in [6.07, 6.45) is 2.39. The van der Waals surface area contributed by atoms with Crippen molar-refractivity contribution in [1.82, 2.24) is 0 Å². The van der Waals surface area contributed by atoms with E-state index in [2.05, 4.69) is 0 Å². The van der Waals surface area contributed by atoms with Gasteiger partial charge in [-0.15, -0.1) is 0 Å². The molecule has 0 amide bonds. The van der Waals surface area contributed by atoms with Crippen LogP contribution in [0.1, 0.15) is 35.3 Å². The SMILES string of the molecule is CC(C)Oc1ccccc1/C=C1\Cc2c(O)cccc2C1=O. The molecule has 0 saturated heterocycles. The Balaban J connectivity index is 1.99. The van der Waals surface area contributed by atoms with Gasteiger partial charge in [0, 0.05) is 28.7 Å². The lowest BCUT2D eigenvalue weighted by Crippen LogP contribution is -2.06. The van der Waals surface area contributed by atoms with Crippen molar-refractivity contribution in [2.45, 2.75) is 26.4 Å². The molecule has 112 valence electrons. The summed E-state index contributed by atoms with van der Waals surface area (Å²) < 4.78 is 5.79. The number of ketones is 1. The van der Waals surface area contributed by atoms with E-state index in [0.717, 1.165) is 11.3 Å². The van der Waals surface area contributed by atoms with E-state index >= 15 is 0 Å². The van der Waals surface area contributed by atoms with E-state index in [1.807, 2.05) is 44.2 Å². The number of Topliss-reactive ketones (excluding diaryl/α,β-unsaturated/α-hetero) is 1. The number of aromatic hydroxyl groups is 1. The average molecular weight is 294 g/mol. The summed E-state index contributed by atoms with van der Waals surface area (Å²) in [5, 5.41) is 9.90. The van der Waals surface area contributed by atoms with Gasteiger partial charge in [0.1, 0.15) is 11.5 Å². The molecule has 0 heterocycles. The number of benzene rings is 2. The highest BCUT2D eigenvalue weighted by molar-refractivity contribution is 6.16. The Hall–Kier alpha value is -2.55.